The van der Waals surface area contributed by atoms with Crippen molar-refractivity contribution < 1.29 is 28.6 Å². The van der Waals surface area contributed by atoms with Gasteiger partial charge in [0.25, 0.3) is 0 Å². The van der Waals surface area contributed by atoms with Crippen molar-refractivity contribution in [2.45, 2.75) is 284 Å². The van der Waals surface area contributed by atoms with E-state index in [0.29, 0.717) is 19.3 Å². The number of ether oxygens (including phenoxy) is 3. The Bertz CT molecular complexity index is 1330. The SMILES string of the molecule is CC\C=C/C=C\C=C/CCCCCCCCCC(=O)OCC(COC(=O)CCCCCCC\C=C/C=C\C=C/C=C\CCCCC)OC(=O)CCCCCCCCCCCCCCCCCCCC. The topological polar surface area (TPSA) is 78.9 Å². The Balaban J connectivity index is 4.43. The zero-order chi connectivity index (χ0) is 50.0. The highest BCUT2D eigenvalue weighted by atomic mass is 16.6. The quantitative estimate of drug-likeness (QED) is 0.0262. The molecule has 0 spiro atoms. The van der Waals surface area contributed by atoms with Crippen LogP contribution in [0.15, 0.2) is 85.1 Å². The van der Waals surface area contributed by atoms with E-state index in [-0.39, 0.29) is 31.1 Å². The van der Waals surface area contributed by atoms with Crippen molar-refractivity contribution in [1.82, 2.24) is 0 Å². The van der Waals surface area contributed by atoms with Crippen LogP contribution in [-0.2, 0) is 28.6 Å². The van der Waals surface area contributed by atoms with Crippen LogP contribution in [-0.4, -0.2) is 37.2 Å². The molecule has 0 aromatic heterocycles. The monoisotopic (exact) mass is 961 g/mol. The average Bonchev–Trinajstić information content (AvgIpc) is 3.35. The summed E-state index contributed by atoms with van der Waals surface area (Å²) in [6.07, 6.45) is 74.2. The molecule has 1 atom stereocenters. The zero-order valence-electron chi connectivity index (χ0n) is 45.3. The number of allylic oxidation sites excluding steroid dienone is 14. The van der Waals surface area contributed by atoms with Crippen LogP contribution in [0.1, 0.15) is 278 Å². The molecule has 0 aromatic carbocycles. The molecule has 0 amide bonds. The summed E-state index contributed by atoms with van der Waals surface area (Å²) in [4.78, 5) is 38.2. The summed E-state index contributed by atoms with van der Waals surface area (Å²) in [5.74, 6) is -0.914. The molecule has 0 fully saturated rings. The van der Waals surface area contributed by atoms with Crippen molar-refractivity contribution in [1.29, 1.82) is 0 Å². The minimum atomic E-state index is -0.791. The predicted molar refractivity (Wildman–Crippen MR) is 297 cm³/mol. The predicted octanol–water partition coefficient (Wildman–Crippen LogP) is 19.5. The van der Waals surface area contributed by atoms with Crippen molar-refractivity contribution in [3.63, 3.8) is 0 Å². The normalized spacial score (nSPS) is 12.7. The first-order valence-corrected chi connectivity index (χ1v) is 29.2. The lowest BCUT2D eigenvalue weighted by Crippen LogP contribution is -2.30. The van der Waals surface area contributed by atoms with Gasteiger partial charge < -0.3 is 14.2 Å². The highest BCUT2D eigenvalue weighted by Crippen LogP contribution is 2.16. The molecule has 69 heavy (non-hydrogen) atoms. The summed E-state index contributed by atoms with van der Waals surface area (Å²) in [6, 6.07) is 0. The van der Waals surface area contributed by atoms with Crippen molar-refractivity contribution >= 4 is 17.9 Å². The van der Waals surface area contributed by atoms with Gasteiger partial charge in [0.15, 0.2) is 6.10 Å². The van der Waals surface area contributed by atoms with E-state index >= 15 is 0 Å². The third-order valence-electron chi connectivity index (χ3n) is 12.5. The third kappa shape index (κ3) is 55.4. The van der Waals surface area contributed by atoms with Crippen LogP contribution in [0.25, 0.3) is 0 Å². The smallest absolute Gasteiger partial charge is 0.306 e. The lowest BCUT2D eigenvalue weighted by Gasteiger charge is -2.18. The molecule has 396 valence electrons. The fraction of sp³-hybridized carbons (Fsp3) is 0.730. The average molecular weight is 962 g/mol. The summed E-state index contributed by atoms with van der Waals surface area (Å²) < 4.78 is 16.9. The van der Waals surface area contributed by atoms with Crippen LogP contribution in [0, 0.1) is 0 Å². The van der Waals surface area contributed by atoms with Gasteiger partial charge in [-0.15, -0.1) is 0 Å². The maximum atomic E-state index is 12.9. The van der Waals surface area contributed by atoms with E-state index in [4.69, 9.17) is 14.2 Å². The van der Waals surface area contributed by atoms with Crippen molar-refractivity contribution in [2.75, 3.05) is 13.2 Å². The molecule has 0 aliphatic carbocycles. The largest absolute Gasteiger partial charge is 0.462 e. The summed E-state index contributed by atoms with van der Waals surface area (Å²) >= 11 is 0. The highest BCUT2D eigenvalue weighted by Gasteiger charge is 2.19. The van der Waals surface area contributed by atoms with E-state index in [1.165, 1.54) is 141 Å². The second kappa shape index (κ2) is 57.2. The Hall–Kier alpha value is -3.41. The molecule has 0 saturated heterocycles. The third-order valence-corrected chi connectivity index (χ3v) is 12.5. The first-order chi connectivity index (χ1) is 34.0. The lowest BCUT2D eigenvalue weighted by molar-refractivity contribution is -0.167. The summed E-state index contributed by atoms with van der Waals surface area (Å²) in [5, 5.41) is 0. The molecule has 0 radical (unpaired) electrons. The molecule has 0 aliphatic heterocycles. The van der Waals surface area contributed by atoms with Crippen LogP contribution in [0.2, 0.25) is 0 Å². The number of hydrogen-bond acceptors (Lipinski definition) is 6. The number of rotatable bonds is 52. The first kappa shape index (κ1) is 65.6. The maximum Gasteiger partial charge on any atom is 0.306 e. The van der Waals surface area contributed by atoms with Crippen LogP contribution < -0.4 is 0 Å². The minimum Gasteiger partial charge on any atom is -0.462 e. The molecule has 0 rings (SSSR count). The van der Waals surface area contributed by atoms with Crippen molar-refractivity contribution in [2.24, 2.45) is 0 Å². The Morgan fingerprint density at radius 1 is 0.304 bits per heavy atom. The molecule has 0 aromatic rings. The van der Waals surface area contributed by atoms with Crippen molar-refractivity contribution in [3.05, 3.63) is 85.1 Å². The Morgan fingerprint density at radius 3 is 0.913 bits per heavy atom. The van der Waals surface area contributed by atoms with E-state index in [0.717, 1.165) is 96.3 Å². The van der Waals surface area contributed by atoms with Gasteiger partial charge in [-0.1, -0.05) is 279 Å². The molecular formula is C63H108O6. The molecule has 1 unspecified atom stereocenters. The standard InChI is InChI=1S/C63H108O6/c1-4-7-10-13-16-19-22-25-28-30-32-35-38-41-44-47-50-53-56-62(65)68-59-60(58-67-61(64)55-52-49-46-43-40-37-34-27-24-21-18-15-12-9-6-3)69-63(66)57-54-51-48-45-42-39-36-33-31-29-26-23-20-17-14-11-8-5-2/h9,12,15-16,18-19,21-22,24-25,28,30,32,35,60H,4-8,10-11,13-14,17,20,23,26-27,29,31,33-34,36-59H2,1-3H3/b12-9-,18-15-,19-16-,24-21-,25-22-,30-28-,35-32-. The molecule has 6 nitrogen and oxygen atoms in total. The first-order valence-electron chi connectivity index (χ1n) is 29.2. The second-order valence-corrected chi connectivity index (χ2v) is 19.3. The summed E-state index contributed by atoms with van der Waals surface area (Å²) in [5.41, 5.74) is 0. The minimum absolute atomic E-state index is 0.0892. The number of carbonyl (C=O) groups excluding carboxylic acids is 3. The molecular weight excluding hydrogens is 853 g/mol. The molecule has 0 N–H and O–H groups in total. The van der Waals surface area contributed by atoms with Gasteiger partial charge in [-0.2, -0.15) is 0 Å². The summed E-state index contributed by atoms with van der Waals surface area (Å²) in [7, 11) is 0. The Morgan fingerprint density at radius 2 is 0.565 bits per heavy atom. The number of esters is 3. The van der Waals surface area contributed by atoms with Gasteiger partial charge in [-0.05, 0) is 64.2 Å². The fourth-order valence-electron chi connectivity index (χ4n) is 8.16. The number of carbonyl (C=O) groups is 3. The molecule has 0 aliphatic rings. The highest BCUT2D eigenvalue weighted by molar-refractivity contribution is 5.71. The van der Waals surface area contributed by atoms with Gasteiger partial charge in [0.2, 0.25) is 0 Å². The van der Waals surface area contributed by atoms with E-state index in [9.17, 15) is 14.4 Å². The van der Waals surface area contributed by atoms with E-state index in [1.54, 1.807) is 0 Å². The molecule has 0 heterocycles. The molecule has 0 saturated carbocycles. The van der Waals surface area contributed by atoms with Crippen LogP contribution in [0.5, 0.6) is 0 Å². The van der Waals surface area contributed by atoms with Crippen LogP contribution in [0.3, 0.4) is 0 Å². The van der Waals surface area contributed by atoms with E-state index in [2.05, 4.69) is 106 Å². The van der Waals surface area contributed by atoms with Crippen molar-refractivity contribution in [3.8, 4) is 0 Å². The van der Waals surface area contributed by atoms with Gasteiger partial charge >= 0.3 is 17.9 Å². The van der Waals surface area contributed by atoms with Gasteiger partial charge in [-0.25, -0.2) is 0 Å². The van der Waals surface area contributed by atoms with Gasteiger partial charge in [0.05, 0.1) is 0 Å². The van der Waals surface area contributed by atoms with Gasteiger partial charge in [-0.3, -0.25) is 14.4 Å². The Labute approximate surface area is 426 Å². The lowest BCUT2D eigenvalue weighted by atomic mass is 10.0. The fourth-order valence-corrected chi connectivity index (χ4v) is 8.16. The number of hydrogen-bond donors (Lipinski definition) is 0. The van der Waals surface area contributed by atoms with Crippen LogP contribution in [0.4, 0.5) is 0 Å². The Kier molecular flexibility index (Phi) is 54.3. The van der Waals surface area contributed by atoms with Crippen LogP contribution >= 0.6 is 0 Å². The zero-order valence-corrected chi connectivity index (χ0v) is 45.3. The number of unbranched alkanes of at least 4 members (excludes halogenated alkanes) is 32. The van der Waals surface area contributed by atoms with Gasteiger partial charge in [0, 0.05) is 19.3 Å². The molecule has 6 heteroatoms. The van der Waals surface area contributed by atoms with E-state index < -0.39 is 6.10 Å². The summed E-state index contributed by atoms with van der Waals surface area (Å²) in [6.45, 7) is 6.47. The van der Waals surface area contributed by atoms with Gasteiger partial charge in [0.1, 0.15) is 13.2 Å². The van der Waals surface area contributed by atoms with E-state index in [1.807, 2.05) is 0 Å². The molecule has 0 bridgehead atoms. The second-order valence-electron chi connectivity index (χ2n) is 19.3. The maximum absolute atomic E-state index is 12.9.